The number of hydrogen-bond donors (Lipinski definition) is 4. The van der Waals surface area contributed by atoms with E-state index in [1.54, 1.807) is 36.3 Å². The number of nitrogens with one attached hydrogen (secondary N) is 4. The second kappa shape index (κ2) is 17.9. The van der Waals surface area contributed by atoms with Crippen molar-refractivity contribution < 1.29 is 37.4 Å². The molecule has 3 aliphatic heterocycles. The second-order valence-corrected chi connectivity index (χ2v) is 19.9. The Morgan fingerprint density at radius 2 is 1.39 bits per heavy atom. The number of imidazole rings is 2. The van der Waals surface area contributed by atoms with E-state index in [1.165, 1.54) is 0 Å². The first-order valence-corrected chi connectivity index (χ1v) is 24.0. The number of carbonyl (C=O) groups excluding carboxylic acids is 3. The number of methoxy groups -OCH3 is 1. The topological polar surface area (TPSA) is 167 Å². The Labute approximate surface area is 397 Å². The number of hydrogen-bond acceptors (Lipinski definition) is 9. The van der Waals surface area contributed by atoms with E-state index >= 15 is 0 Å². The minimum atomic E-state index is -2.87. The first kappa shape index (κ1) is 45.1. The number of nitrogens with zero attached hydrogens (tertiary/aromatic N) is 4. The zero-order valence-corrected chi connectivity index (χ0v) is 39.0. The molecule has 6 atom stereocenters. The summed E-state index contributed by atoms with van der Waals surface area (Å²) in [6.45, 7) is 7.89. The largest absolute Gasteiger partial charge is 0.384 e. The minimum Gasteiger partial charge on any atom is -0.384 e. The van der Waals surface area contributed by atoms with Gasteiger partial charge in [0.2, 0.25) is 30.1 Å². The molecule has 0 radical (unpaired) electrons. The van der Waals surface area contributed by atoms with Crippen LogP contribution in [0.4, 0.5) is 8.78 Å². The Morgan fingerprint density at radius 3 is 1.94 bits per heavy atom. The molecule has 1 aliphatic carbocycles. The molecule has 69 heavy (non-hydrogen) atoms. The Balaban J connectivity index is 0.857. The zero-order valence-electron chi connectivity index (χ0n) is 39.0. The van der Waals surface area contributed by atoms with Crippen molar-refractivity contribution in [3.8, 4) is 11.1 Å². The van der Waals surface area contributed by atoms with Crippen LogP contribution in [0.1, 0.15) is 81.8 Å². The molecule has 4 N–H and O–H groups in total. The van der Waals surface area contributed by atoms with E-state index in [1.807, 2.05) is 36.9 Å². The van der Waals surface area contributed by atoms with Crippen molar-refractivity contribution in [1.82, 2.24) is 40.4 Å². The van der Waals surface area contributed by atoms with E-state index < -0.39 is 55.1 Å². The van der Waals surface area contributed by atoms with E-state index in [9.17, 15) is 23.2 Å². The van der Waals surface area contributed by atoms with Crippen LogP contribution in [0, 0.1) is 23.7 Å². The first-order chi connectivity index (χ1) is 33.3. The number of rotatable bonds is 13. The quantitative estimate of drug-likeness (QED) is 0.0885. The van der Waals surface area contributed by atoms with Crippen molar-refractivity contribution in [2.24, 2.45) is 23.7 Å². The van der Waals surface area contributed by atoms with Gasteiger partial charge in [-0.25, -0.2) is 18.7 Å². The van der Waals surface area contributed by atoms with Crippen LogP contribution >= 0.6 is 0 Å². The van der Waals surface area contributed by atoms with Crippen molar-refractivity contribution in [3.05, 3.63) is 108 Å². The third-order valence-electron chi connectivity index (χ3n) is 14.6. The number of halogens is 2. The molecule has 3 amide bonds. The third kappa shape index (κ3) is 8.51. The van der Waals surface area contributed by atoms with Crippen LogP contribution in [0.25, 0.3) is 54.7 Å². The zero-order chi connectivity index (χ0) is 47.7. The van der Waals surface area contributed by atoms with Crippen LogP contribution in [0.15, 0.2) is 91.0 Å². The van der Waals surface area contributed by atoms with Gasteiger partial charge in [0.25, 0.3) is 0 Å². The molecule has 5 aromatic carbocycles. The molecule has 4 fully saturated rings. The summed E-state index contributed by atoms with van der Waals surface area (Å²) in [6, 6.07) is 27.8. The predicted molar refractivity (Wildman–Crippen MR) is 256 cm³/mol. The van der Waals surface area contributed by atoms with Crippen LogP contribution in [-0.4, -0.2) is 99.4 Å². The fourth-order valence-electron chi connectivity index (χ4n) is 11.0. The Bertz CT molecular complexity index is 3090. The van der Waals surface area contributed by atoms with E-state index in [0.717, 1.165) is 67.0 Å². The Kier molecular flexibility index (Phi) is 11.7. The highest BCUT2D eigenvalue weighted by Gasteiger charge is 2.50. The molecule has 3 saturated heterocycles. The van der Waals surface area contributed by atoms with Gasteiger partial charge in [0.1, 0.15) is 17.7 Å². The summed E-state index contributed by atoms with van der Waals surface area (Å²) >= 11 is 0. The molecule has 0 spiro atoms. The van der Waals surface area contributed by atoms with Crippen molar-refractivity contribution in [2.75, 3.05) is 33.6 Å². The lowest BCUT2D eigenvalue weighted by Crippen LogP contribution is -2.56. The fourth-order valence-corrected chi connectivity index (χ4v) is 11.0. The molecule has 14 nitrogen and oxygen atoms in total. The summed E-state index contributed by atoms with van der Waals surface area (Å²) in [5.41, 5.74) is 6.06. The van der Waals surface area contributed by atoms with Gasteiger partial charge in [0.05, 0.1) is 46.8 Å². The number of likely N-dealkylation sites (tertiary alicyclic amines) is 2. The second-order valence-electron chi connectivity index (χ2n) is 19.9. The predicted octanol–water partition coefficient (Wildman–Crippen LogP) is 8.66. The van der Waals surface area contributed by atoms with Crippen molar-refractivity contribution in [1.29, 1.82) is 0 Å². The summed E-state index contributed by atoms with van der Waals surface area (Å²) < 4.78 is 43.9. The highest BCUT2D eigenvalue weighted by molar-refractivity contribution is 6.07. The molecular weight excluding hydrogens is 883 g/mol. The van der Waals surface area contributed by atoms with Gasteiger partial charge < -0.3 is 39.3 Å². The molecule has 0 bridgehead atoms. The summed E-state index contributed by atoms with van der Waals surface area (Å²) in [4.78, 5) is 63.0. The average molecular weight is 939 g/mol. The van der Waals surface area contributed by atoms with Gasteiger partial charge in [-0.15, -0.1) is 0 Å². The number of carbonyl (C=O) groups is 3. The summed E-state index contributed by atoms with van der Waals surface area (Å²) in [5.74, 6) is -2.82. The maximum atomic E-state index is 14.6. The van der Waals surface area contributed by atoms with Crippen LogP contribution in [-0.2, 0) is 28.6 Å². The molecular formula is C53H56F2N8O6. The van der Waals surface area contributed by atoms with E-state index in [4.69, 9.17) is 24.2 Å². The maximum Gasteiger partial charge on any atom is 0.250 e. The summed E-state index contributed by atoms with van der Waals surface area (Å²) in [5, 5.41) is 10.2. The first-order valence-electron chi connectivity index (χ1n) is 24.0. The fraction of sp³-hybridized carbons (Fsp3) is 0.415. The summed E-state index contributed by atoms with van der Waals surface area (Å²) in [6.07, 6.45) is -0.237. The van der Waals surface area contributed by atoms with Gasteiger partial charge in [0.15, 0.2) is 6.79 Å². The molecule has 7 aromatic rings. The van der Waals surface area contributed by atoms with Gasteiger partial charge >= 0.3 is 0 Å². The number of fused-ring (bicyclic) bond motifs is 6. The molecule has 4 aliphatic rings. The van der Waals surface area contributed by atoms with Crippen LogP contribution in [0.2, 0.25) is 0 Å². The average Bonchev–Trinajstić information content (AvgIpc) is 4.14. The SMILES string of the molecule is COC[C@H]1C[C@@H](c2nc3ccc4cc(-c5ccc6c(ccc7nc([C@@H]8C[C@H](C)CN8C(=O)[C@@H](NC8OCO8)C(C)C)[nH]c76)c5)ccc4c3[nH]2)N(C(=O)[C@H](NC(=O)C2CC(F)(F)C2)c2ccccc2)C1. The van der Waals surface area contributed by atoms with E-state index in [2.05, 4.69) is 76.1 Å². The molecule has 16 heteroatoms. The Hall–Kier alpha value is -6.33. The lowest BCUT2D eigenvalue weighted by atomic mass is 9.80. The van der Waals surface area contributed by atoms with Gasteiger partial charge in [0, 0.05) is 55.6 Å². The van der Waals surface area contributed by atoms with Gasteiger partial charge in [-0.3, -0.25) is 19.7 Å². The monoisotopic (exact) mass is 938 g/mol. The van der Waals surface area contributed by atoms with Crippen molar-refractivity contribution >= 4 is 61.3 Å². The molecule has 358 valence electrons. The highest BCUT2D eigenvalue weighted by Crippen LogP contribution is 2.44. The number of amides is 3. The number of aromatic amines is 2. The number of alkyl halides is 2. The van der Waals surface area contributed by atoms with Crippen LogP contribution in [0.5, 0.6) is 0 Å². The molecule has 0 unspecified atom stereocenters. The van der Waals surface area contributed by atoms with Gasteiger partial charge in [-0.2, -0.15) is 0 Å². The number of aromatic nitrogens is 4. The molecule has 5 heterocycles. The molecule has 1 saturated carbocycles. The van der Waals surface area contributed by atoms with Crippen molar-refractivity contribution in [2.45, 2.75) is 83.0 Å². The highest BCUT2D eigenvalue weighted by atomic mass is 19.3. The van der Waals surface area contributed by atoms with Gasteiger partial charge in [-0.1, -0.05) is 87.5 Å². The third-order valence-corrected chi connectivity index (χ3v) is 14.6. The van der Waals surface area contributed by atoms with Gasteiger partial charge in [-0.05, 0) is 76.4 Å². The number of H-pyrrole nitrogens is 2. The molecule has 11 rings (SSSR count). The number of ether oxygens (including phenoxy) is 3. The normalized spacial score (nSPS) is 22.7. The smallest absolute Gasteiger partial charge is 0.250 e. The van der Waals surface area contributed by atoms with Crippen molar-refractivity contribution in [3.63, 3.8) is 0 Å². The summed E-state index contributed by atoms with van der Waals surface area (Å²) in [7, 11) is 1.63. The lowest BCUT2D eigenvalue weighted by Gasteiger charge is -2.35. The lowest BCUT2D eigenvalue weighted by molar-refractivity contribution is -0.335. The maximum absolute atomic E-state index is 14.6. The van der Waals surface area contributed by atoms with Crippen LogP contribution in [0.3, 0.4) is 0 Å². The van der Waals surface area contributed by atoms with E-state index in [-0.39, 0.29) is 36.5 Å². The minimum absolute atomic E-state index is 0.00776. The standard InChI is InChI=1S/C53H56F2N8O6/c1-28(2)43(61-52-68-27-69-52)50(65)62-24-29(3)18-41(62)47-56-39-16-12-34-20-32(10-14-37(34)45(39)58-47)33-11-15-38-35(21-33)13-17-40-46(38)59-48(57-40)42-19-30(26-67-4)25-63(42)51(66)44(31-8-6-5-7-9-31)60-49(64)36-22-53(54,55)23-36/h5-17,20-21,28-30,36,41-44,52,61H,18-19,22-27H2,1-4H3,(H,56,58)(H,57,59)(H,60,64)/t29-,30-,41-,42-,43-,44+/m0/s1. The molecule has 2 aromatic heterocycles. The van der Waals surface area contributed by atoms with E-state index in [0.29, 0.717) is 43.4 Å². The van der Waals surface area contributed by atoms with Crippen LogP contribution < -0.4 is 10.6 Å². The number of benzene rings is 5. The Morgan fingerprint density at radius 1 is 0.797 bits per heavy atom.